The smallest absolute Gasteiger partial charge is 0.382 e. The highest BCUT2D eigenvalue weighted by Crippen LogP contribution is 2.38. The maximum absolute atomic E-state index is 15.6. The van der Waals surface area contributed by atoms with E-state index in [1.165, 1.54) is 22.7 Å². The van der Waals surface area contributed by atoms with Gasteiger partial charge in [0.25, 0.3) is 5.91 Å². The molecule has 1 saturated heterocycles. The number of carbonyl (C=O) groups is 2. The van der Waals surface area contributed by atoms with Gasteiger partial charge in [0.15, 0.2) is 0 Å². The van der Waals surface area contributed by atoms with E-state index in [9.17, 15) is 22.8 Å². The Morgan fingerprint density at radius 1 is 1.16 bits per heavy atom. The van der Waals surface area contributed by atoms with Crippen molar-refractivity contribution in [1.29, 1.82) is 0 Å². The number of benzene rings is 1. The number of nitrogens with zero attached hydrogens (tertiary/aromatic N) is 5. The van der Waals surface area contributed by atoms with E-state index in [0.29, 0.717) is 11.9 Å². The van der Waals surface area contributed by atoms with Crippen LogP contribution in [-0.4, -0.2) is 55.3 Å². The largest absolute Gasteiger partial charge is 0.416 e. The number of hydrogen-bond acceptors (Lipinski definition) is 7. The number of halogens is 5. The summed E-state index contributed by atoms with van der Waals surface area (Å²) in [4.78, 5) is 39.9. The van der Waals surface area contributed by atoms with Crippen molar-refractivity contribution in [3.8, 4) is 11.3 Å². The number of pyridine rings is 1. The lowest BCUT2D eigenvalue weighted by Gasteiger charge is -2.37. The van der Waals surface area contributed by atoms with Gasteiger partial charge in [-0.1, -0.05) is 11.6 Å². The first-order chi connectivity index (χ1) is 20.4. The maximum atomic E-state index is 15.6. The summed E-state index contributed by atoms with van der Waals surface area (Å²) in [6, 6.07) is 4.81. The number of nitrogens with one attached hydrogen (secondary N) is 1. The quantitative estimate of drug-likeness (QED) is 0.297. The van der Waals surface area contributed by atoms with Crippen LogP contribution in [0.4, 0.5) is 29.2 Å². The van der Waals surface area contributed by atoms with E-state index in [1.807, 2.05) is 6.92 Å². The SMILES string of the molecule is C[C@H]1CO[C@@H](c2nc(-c3ccc(C(=O)Nc4cc(C(F)(F)F)ccn4)cc3F)c3c(N)ncc(Cl)n23)CN1C(=O)C1CC1. The molecule has 3 N–H and O–H groups in total. The van der Waals surface area contributed by atoms with Crippen molar-refractivity contribution in [2.75, 3.05) is 24.2 Å². The van der Waals surface area contributed by atoms with E-state index in [4.69, 9.17) is 22.1 Å². The highest BCUT2D eigenvalue weighted by atomic mass is 35.5. The van der Waals surface area contributed by atoms with E-state index >= 15 is 4.39 Å². The van der Waals surface area contributed by atoms with Crippen LogP contribution in [0, 0.1) is 11.7 Å². The summed E-state index contributed by atoms with van der Waals surface area (Å²) in [5.41, 5.74) is 5.27. The number of carbonyl (C=O) groups excluding carboxylic acids is 2. The molecule has 0 bridgehead atoms. The molecular formula is C28H24ClF4N7O3. The Hall–Kier alpha value is -4.30. The van der Waals surface area contributed by atoms with Gasteiger partial charge in [-0.15, -0.1) is 0 Å². The molecule has 1 saturated carbocycles. The standard InChI is InChI=1S/C28H24ClF4N7O3/c1-13-12-43-19(11-39(13)27(42)14-2-3-14)25-38-22(23-24(34)36-10-20(29)40(23)25)17-5-4-15(8-18(17)30)26(41)37-21-9-16(6-7-35-21)28(31,32)33/h4-10,13-14,19H,2-3,11-12H2,1H3,(H2,34,36)(H,35,37,41)/t13-,19+/m0/s1. The summed E-state index contributed by atoms with van der Waals surface area (Å²) in [7, 11) is 0. The summed E-state index contributed by atoms with van der Waals surface area (Å²) in [5, 5.41) is 2.38. The molecule has 1 aliphatic heterocycles. The molecule has 2 atom stereocenters. The van der Waals surface area contributed by atoms with Gasteiger partial charge in [-0.05, 0) is 50.1 Å². The third-order valence-electron chi connectivity index (χ3n) is 7.42. The molecule has 1 aromatic carbocycles. The molecule has 3 aromatic heterocycles. The molecule has 4 aromatic rings. The number of nitrogen functional groups attached to an aromatic ring is 1. The monoisotopic (exact) mass is 617 g/mol. The lowest BCUT2D eigenvalue weighted by molar-refractivity contribution is -0.146. The molecule has 0 radical (unpaired) electrons. The summed E-state index contributed by atoms with van der Waals surface area (Å²) in [6.07, 6.45) is -1.40. The normalized spacial score (nSPS) is 19.1. The van der Waals surface area contributed by atoms with Gasteiger partial charge in [-0.2, -0.15) is 13.2 Å². The van der Waals surface area contributed by atoms with Gasteiger partial charge >= 0.3 is 6.18 Å². The topological polar surface area (TPSA) is 128 Å². The minimum Gasteiger partial charge on any atom is -0.382 e. The second-order valence-electron chi connectivity index (χ2n) is 10.5. The predicted molar refractivity (Wildman–Crippen MR) is 148 cm³/mol. The Labute approximate surface area is 246 Å². The van der Waals surface area contributed by atoms with Crippen LogP contribution in [-0.2, 0) is 15.7 Å². The molecule has 43 heavy (non-hydrogen) atoms. The van der Waals surface area contributed by atoms with Crippen LogP contribution < -0.4 is 11.1 Å². The number of morpholine rings is 1. The average Bonchev–Trinajstić information content (AvgIpc) is 3.74. The van der Waals surface area contributed by atoms with Gasteiger partial charge in [0.05, 0.1) is 31.0 Å². The van der Waals surface area contributed by atoms with Crippen LogP contribution in [0.3, 0.4) is 0 Å². The molecule has 2 amide bonds. The number of anilines is 2. The van der Waals surface area contributed by atoms with Crippen molar-refractivity contribution in [2.24, 2.45) is 5.92 Å². The van der Waals surface area contributed by atoms with Crippen LogP contribution in [0.2, 0.25) is 5.15 Å². The Bertz CT molecular complexity index is 1760. The molecule has 0 unspecified atom stereocenters. The fourth-order valence-electron chi connectivity index (χ4n) is 5.03. The molecule has 1 aliphatic carbocycles. The second kappa shape index (κ2) is 10.8. The zero-order valence-corrected chi connectivity index (χ0v) is 23.3. The van der Waals surface area contributed by atoms with Crippen LogP contribution in [0.15, 0.2) is 42.7 Å². The van der Waals surface area contributed by atoms with Gasteiger partial charge in [-0.25, -0.2) is 19.3 Å². The molecule has 15 heteroatoms. The second-order valence-corrected chi connectivity index (χ2v) is 10.9. The summed E-state index contributed by atoms with van der Waals surface area (Å²) < 4.78 is 62.3. The number of alkyl halides is 3. The van der Waals surface area contributed by atoms with Crippen LogP contribution in [0.1, 0.15) is 47.6 Å². The number of hydrogen-bond donors (Lipinski definition) is 2. The van der Waals surface area contributed by atoms with E-state index < -0.39 is 29.6 Å². The molecule has 0 spiro atoms. The van der Waals surface area contributed by atoms with Crippen LogP contribution in [0.5, 0.6) is 0 Å². The first-order valence-electron chi connectivity index (χ1n) is 13.3. The summed E-state index contributed by atoms with van der Waals surface area (Å²) in [5.74, 6) is -1.73. The molecule has 10 nitrogen and oxygen atoms in total. The van der Waals surface area contributed by atoms with E-state index in [0.717, 1.165) is 31.2 Å². The van der Waals surface area contributed by atoms with E-state index in [2.05, 4.69) is 20.3 Å². The third kappa shape index (κ3) is 5.47. The van der Waals surface area contributed by atoms with E-state index in [1.54, 1.807) is 4.90 Å². The highest BCUT2D eigenvalue weighted by Gasteiger charge is 2.40. The molecule has 224 valence electrons. The molecule has 4 heterocycles. The summed E-state index contributed by atoms with van der Waals surface area (Å²) in [6.45, 7) is 2.36. The van der Waals surface area contributed by atoms with Crippen molar-refractivity contribution in [3.63, 3.8) is 0 Å². The minimum absolute atomic E-state index is 0.00470. The number of fused-ring (bicyclic) bond motifs is 1. The van der Waals surface area contributed by atoms with Gasteiger partial charge in [0, 0.05) is 23.2 Å². The Kier molecular flexibility index (Phi) is 7.21. The van der Waals surface area contributed by atoms with E-state index in [-0.39, 0.29) is 70.1 Å². The molecule has 6 rings (SSSR count). The Balaban J connectivity index is 1.34. The van der Waals surface area contributed by atoms with Crippen molar-refractivity contribution in [2.45, 2.75) is 38.1 Å². The van der Waals surface area contributed by atoms with Crippen molar-refractivity contribution in [3.05, 3.63) is 70.6 Å². The fraction of sp³-hybridized carbons (Fsp3) is 0.321. The molecule has 2 fully saturated rings. The number of nitrogens with two attached hydrogens (primary N) is 1. The zero-order chi connectivity index (χ0) is 30.6. The van der Waals surface area contributed by atoms with Gasteiger partial charge in [0.2, 0.25) is 5.91 Å². The number of rotatable bonds is 5. The average molecular weight is 618 g/mol. The van der Waals surface area contributed by atoms with Crippen molar-refractivity contribution < 1.29 is 31.9 Å². The fourth-order valence-corrected chi connectivity index (χ4v) is 5.25. The van der Waals surface area contributed by atoms with Gasteiger partial charge in [0.1, 0.15) is 45.7 Å². The first-order valence-corrected chi connectivity index (χ1v) is 13.7. The Morgan fingerprint density at radius 2 is 1.93 bits per heavy atom. The van der Waals surface area contributed by atoms with Crippen molar-refractivity contribution in [1.82, 2.24) is 24.3 Å². The lowest BCUT2D eigenvalue weighted by atomic mass is 10.1. The number of aromatic nitrogens is 4. The predicted octanol–water partition coefficient (Wildman–Crippen LogP) is 5.14. The minimum atomic E-state index is -4.63. The first kappa shape index (κ1) is 28.8. The zero-order valence-electron chi connectivity index (χ0n) is 22.5. The lowest BCUT2D eigenvalue weighted by Crippen LogP contribution is -2.49. The van der Waals surface area contributed by atoms with Crippen LogP contribution >= 0.6 is 11.6 Å². The summed E-state index contributed by atoms with van der Waals surface area (Å²) >= 11 is 6.51. The molecular weight excluding hydrogens is 594 g/mol. The number of ether oxygens (including phenoxy) is 1. The molecule has 2 aliphatic rings. The van der Waals surface area contributed by atoms with Gasteiger partial charge in [-0.3, -0.25) is 14.0 Å². The van der Waals surface area contributed by atoms with Crippen LogP contribution in [0.25, 0.3) is 16.8 Å². The maximum Gasteiger partial charge on any atom is 0.416 e. The van der Waals surface area contributed by atoms with Crippen molar-refractivity contribution >= 4 is 40.6 Å². The number of amides is 2. The van der Waals surface area contributed by atoms with Gasteiger partial charge < -0.3 is 20.7 Å². The third-order valence-corrected chi connectivity index (χ3v) is 7.68. The highest BCUT2D eigenvalue weighted by molar-refractivity contribution is 6.30. The Morgan fingerprint density at radius 3 is 2.63 bits per heavy atom. The number of imidazole rings is 1.